The summed E-state index contributed by atoms with van der Waals surface area (Å²) in [6.07, 6.45) is 2.02. The number of aryl methyl sites for hydroxylation is 1. The van der Waals surface area contributed by atoms with Crippen molar-refractivity contribution >= 4 is 17.6 Å². The van der Waals surface area contributed by atoms with Crippen molar-refractivity contribution in [1.82, 2.24) is 9.97 Å². The van der Waals surface area contributed by atoms with Crippen LogP contribution in [-0.4, -0.2) is 16.2 Å². The van der Waals surface area contributed by atoms with Gasteiger partial charge in [0.05, 0.1) is 5.75 Å². The second-order valence-electron chi connectivity index (χ2n) is 2.28. The molecule has 0 saturated heterocycles. The van der Waals surface area contributed by atoms with E-state index >= 15 is 0 Å². The zero-order valence-electron chi connectivity index (χ0n) is 6.66. The predicted octanol–water partition coefficient (Wildman–Crippen LogP) is 1.23. The molecule has 0 spiro atoms. The quantitative estimate of drug-likeness (QED) is 0.723. The van der Waals surface area contributed by atoms with Gasteiger partial charge >= 0.3 is 0 Å². The lowest BCUT2D eigenvalue weighted by Gasteiger charge is -1.99. The van der Waals surface area contributed by atoms with E-state index in [4.69, 9.17) is 5.73 Å². The van der Waals surface area contributed by atoms with Crippen molar-refractivity contribution in [3.05, 3.63) is 17.6 Å². The highest BCUT2D eigenvalue weighted by atomic mass is 32.2. The molecule has 0 radical (unpaired) electrons. The van der Waals surface area contributed by atoms with Gasteiger partial charge in [-0.05, 0) is 13.2 Å². The Morgan fingerprint density at radius 2 is 2.27 bits per heavy atom. The van der Waals surface area contributed by atoms with Crippen molar-refractivity contribution in [1.29, 1.82) is 0 Å². The van der Waals surface area contributed by atoms with Gasteiger partial charge in [0.15, 0.2) is 0 Å². The second kappa shape index (κ2) is 3.57. The first-order valence-corrected chi connectivity index (χ1v) is 4.70. The molecule has 0 saturated carbocycles. The molecule has 0 aliphatic carbocycles. The lowest BCUT2D eigenvalue weighted by molar-refractivity contribution is 1.00. The van der Waals surface area contributed by atoms with Crippen molar-refractivity contribution in [2.75, 3.05) is 12.0 Å². The van der Waals surface area contributed by atoms with Gasteiger partial charge in [-0.1, -0.05) is 0 Å². The predicted molar refractivity (Wildman–Crippen MR) is 48.4 cm³/mol. The van der Waals surface area contributed by atoms with E-state index in [-0.39, 0.29) is 0 Å². The van der Waals surface area contributed by atoms with Gasteiger partial charge in [-0.15, -0.1) is 0 Å². The summed E-state index contributed by atoms with van der Waals surface area (Å²) in [5.74, 6) is 2.20. The normalized spacial score (nSPS) is 10.0. The Hall–Kier alpha value is -0.770. The minimum atomic E-state index is 0.557. The first-order chi connectivity index (χ1) is 5.22. The summed E-state index contributed by atoms with van der Waals surface area (Å²) in [5, 5.41) is 0. The van der Waals surface area contributed by atoms with Crippen LogP contribution in [0, 0.1) is 6.92 Å². The Morgan fingerprint density at radius 3 is 2.82 bits per heavy atom. The number of rotatable bonds is 2. The fourth-order valence-corrected chi connectivity index (χ4v) is 1.24. The molecule has 60 valence electrons. The molecule has 0 aliphatic rings. The summed E-state index contributed by atoms with van der Waals surface area (Å²) in [5.41, 5.74) is 6.46. The number of nitrogen functional groups attached to an aromatic ring is 1. The first kappa shape index (κ1) is 8.33. The molecule has 4 heteroatoms. The number of aromatic nitrogens is 2. The smallest absolute Gasteiger partial charge is 0.140 e. The number of anilines is 1. The maximum Gasteiger partial charge on any atom is 0.140 e. The molecule has 0 amide bonds. The summed E-state index contributed by atoms with van der Waals surface area (Å²) in [6, 6.07) is 1.77. The van der Waals surface area contributed by atoms with Gasteiger partial charge in [-0.2, -0.15) is 11.8 Å². The Morgan fingerprint density at radius 1 is 1.55 bits per heavy atom. The monoisotopic (exact) mass is 169 g/mol. The molecule has 2 N–H and O–H groups in total. The maximum absolute atomic E-state index is 5.53. The number of hydrogen-bond donors (Lipinski definition) is 1. The van der Waals surface area contributed by atoms with Crippen LogP contribution in [0.2, 0.25) is 0 Å². The summed E-state index contributed by atoms with van der Waals surface area (Å²) < 4.78 is 0. The second-order valence-corrected chi connectivity index (χ2v) is 3.15. The average molecular weight is 169 g/mol. The molecule has 11 heavy (non-hydrogen) atoms. The first-order valence-electron chi connectivity index (χ1n) is 3.31. The van der Waals surface area contributed by atoms with E-state index in [9.17, 15) is 0 Å². The Kier molecular flexibility index (Phi) is 2.70. The largest absolute Gasteiger partial charge is 0.384 e. The van der Waals surface area contributed by atoms with Crippen LogP contribution in [0.5, 0.6) is 0 Å². The van der Waals surface area contributed by atoms with Gasteiger partial charge in [-0.25, -0.2) is 9.97 Å². The molecule has 1 aromatic rings. The summed E-state index contributed by atoms with van der Waals surface area (Å²) >= 11 is 1.69. The lowest BCUT2D eigenvalue weighted by Crippen LogP contribution is -1.99. The Labute approximate surface area is 70.4 Å². The molecule has 0 fully saturated rings. The SMILES string of the molecule is CSCc1nc(C)cc(N)n1. The van der Waals surface area contributed by atoms with Gasteiger partial charge < -0.3 is 5.73 Å². The van der Waals surface area contributed by atoms with Crippen LogP contribution in [0.4, 0.5) is 5.82 Å². The zero-order valence-corrected chi connectivity index (χ0v) is 7.48. The van der Waals surface area contributed by atoms with E-state index in [0.29, 0.717) is 5.82 Å². The van der Waals surface area contributed by atoms with Crippen molar-refractivity contribution in [3.63, 3.8) is 0 Å². The molecule has 3 nitrogen and oxygen atoms in total. The molecular formula is C7H11N3S. The fourth-order valence-electron chi connectivity index (χ4n) is 0.850. The number of nitrogens with zero attached hydrogens (tertiary/aromatic N) is 2. The van der Waals surface area contributed by atoms with Gasteiger partial charge in [0.2, 0.25) is 0 Å². The molecule has 0 unspecified atom stereocenters. The fraction of sp³-hybridized carbons (Fsp3) is 0.429. The van der Waals surface area contributed by atoms with Gasteiger partial charge in [-0.3, -0.25) is 0 Å². The molecule has 1 rings (SSSR count). The van der Waals surface area contributed by atoms with Crippen LogP contribution in [-0.2, 0) is 5.75 Å². The molecule has 1 heterocycles. The van der Waals surface area contributed by atoms with E-state index in [1.165, 1.54) is 0 Å². The molecular weight excluding hydrogens is 158 g/mol. The van der Waals surface area contributed by atoms with Crippen LogP contribution < -0.4 is 5.73 Å². The third kappa shape index (κ3) is 2.38. The highest BCUT2D eigenvalue weighted by Gasteiger charge is 1.97. The van der Waals surface area contributed by atoms with Crippen molar-refractivity contribution in [3.8, 4) is 0 Å². The molecule has 0 aliphatic heterocycles. The van der Waals surface area contributed by atoms with Crippen molar-refractivity contribution < 1.29 is 0 Å². The minimum absolute atomic E-state index is 0.557. The molecule has 0 atom stereocenters. The van der Waals surface area contributed by atoms with Crippen LogP contribution in [0.15, 0.2) is 6.07 Å². The lowest BCUT2D eigenvalue weighted by atomic mass is 10.4. The van der Waals surface area contributed by atoms with Crippen LogP contribution >= 0.6 is 11.8 Å². The average Bonchev–Trinajstić information content (AvgIpc) is 1.85. The highest BCUT2D eigenvalue weighted by molar-refractivity contribution is 7.97. The molecule has 0 aromatic carbocycles. The number of thioether (sulfide) groups is 1. The van der Waals surface area contributed by atoms with Gasteiger partial charge in [0.1, 0.15) is 11.6 Å². The van der Waals surface area contributed by atoms with E-state index in [0.717, 1.165) is 17.3 Å². The van der Waals surface area contributed by atoms with Gasteiger partial charge in [0.25, 0.3) is 0 Å². The molecule has 1 aromatic heterocycles. The van der Waals surface area contributed by atoms with Crippen molar-refractivity contribution in [2.45, 2.75) is 12.7 Å². The third-order valence-corrected chi connectivity index (χ3v) is 1.74. The summed E-state index contributed by atoms with van der Waals surface area (Å²) in [6.45, 7) is 1.92. The third-order valence-electron chi connectivity index (χ3n) is 1.19. The van der Waals surface area contributed by atoms with E-state index in [1.54, 1.807) is 17.8 Å². The number of nitrogens with two attached hydrogens (primary N) is 1. The summed E-state index contributed by atoms with van der Waals surface area (Å²) in [4.78, 5) is 8.28. The van der Waals surface area contributed by atoms with E-state index in [2.05, 4.69) is 9.97 Å². The van der Waals surface area contributed by atoms with Gasteiger partial charge in [0, 0.05) is 11.8 Å². The van der Waals surface area contributed by atoms with Crippen LogP contribution in [0.3, 0.4) is 0 Å². The van der Waals surface area contributed by atoms with E-state index < -0.39 is 0 Å². The molecule has 0 bridgehead atoms. The maximum atomic E-state index is 5.53. The zero-order chi connectivity index (χ0) is 8.27. The number of hydrogen-bond acceptors (Lipinski definition) is 4. The standard InChI is InChI=1S/C7H11N3S/c1-5-3-6(8)10-7(9-5)4-11-2/h3H,4H2,1-2H3,(H2,8,9,10). The summed E-state index contributed by atoms with van der Waals surface area (Å²) in [7, 11) is 0. The van der Waals surface area contributed by atoms with Crippen LogP contribution in [0.25, 0.3) is 0 Å². The topological polar surface area (TPSA) is 51.8 Å². The Balaban J connectivity index is 2.89. The van der Waals surface area contributed by atoms with Crippen LogP contribution in [0.1, 0.15) is 11.5 Å². The highest BCUT2D eigenvalue weighted by Crippen LogP contribution is 2.07. The minimum Gasteiger partial charge on any atom is -0.384 e. The van der Waals surface area contributed by atoms with E-state index in [1.807, 2.05) is 13.2 Å². The Bertz CT molecular complexity index is 229. The van der Waals surface area contributed by atoms with Crippen molar-refractivity contribution in [2.24, 2.45) is 0 Å².